The van der Waals surface area contributed by atoms with Crippen molar-refractivity contribution < 1.29 is 0 Å². The van der Waals surface area contributed by atoms with E-state index in [1.54, 1.807) is 17.1 Å². The monoisotopic (exact) mass is 262 g/mol. The third kappa shape index (κ3) is 1.46. The number of fused-ring (bicyclic) bond motifs is 2. The third-order valence-electron chi connectivity index (χ3n) is 3.32. The van der Waals surface area contributed by atoms with Gasteiger partial charge in [-0.15, -0.1) is 0 Å². The molecule has 4 aromatic rings. The zero-order valence-electron chi connectivity index (χ0n) is 10.5. The van der Waals surface area contributed by atoms with Gasteiger partial charge in [-0.3, -0.25) is 4.79 Å². The van der Waals surface area contributed by atoms with Gasteiger partial charge in [0.1, 0.15) is 12.7 Å². The number of nitrogens with zero attached hydrogens (tertiary/aromatic N) is 4. The van der Waals surface area contributed by atoms with Crippen LogP contribution in [0.25, 0.3) is 21.9 Å². The van der Waals surface area contributed by atoms with Crippen LogP contribution in [0.1, 0.15) is 0 Å². The topological polar surface area (TPSA) is 52.7 Å². The number of para-hydroxylation sites is 3. The number of rotatable bonds is 1. The van der Waals surface area contributed by atoms with Crippen molar-refractivity contribution >= 4 is 21.9 Å². The Hall–Kier alpha value is -2.95. The highest BCUT2D eigenvalue weighted by atomic mass is 16.1. The zero-order chi connectivity index (χ0) is 13.5. The lowest BCUT2D eigenvalue weighted by molar-refractivity contribution is 0.642. The van der Waals surface area contributed by atoms with Gasteiger partial charge in [0.15, 0.2) is 0 Å². The molecule has 0 spiro atoms. The summed E-state index contributed by atoms with van der Waals surface area (Å²) in [6, 6.07) is 15.0. The fourth-order valence-corrected chi connectivity index (χ4v) is 2.33. The van der Waals surface area contributed by atoms with E-state index in [4.69, 9.17) is 0 Å². The standard InChI is InChI=1S/C15H10N4O/c20-15-11-5-1-2-6-12(11)16-10-19(15)18-9-17-13-7-3-4-8-14(13)18/h1-10H. The molecule has 0 bridgehead atoms. The van der Waals surface area contributed by atoms with E-state index < -0.39 is 0 Å². The van der Waals surface area contributed by atoms with Gasteiger partial charge in [-0.25, -0.2) is 14.6 Å². The lowest BCUT2D eigenvalue weighted by Gasteiger charge is -2.08. The maximum absolute atomic E-state index is 12.5. The molecule has 2 aromatic heterocycles. The van der Waals surface area contributed by atoms with Crippen molar-refractivity contribution in [1.29, 1.82) is 0 Å². The molecule has 0 aliphatic carbocycles. The summed E-state index contributed by atoms with van der Waals surface area (Å²) in [5.74, 6) is 0. The molecule has 0 unspecified atom stereocenters. The minimum absolute atomic E-state index is 0.112. The van der Waals surface area contributed by atoms with Crippen molar-refractivity contribution in [1.82, 2.24) is 19.3 Å². The number of hydrogen-bond acceptors (Lipinski definition) is 3. The van der Waals surface area contributed by atoms with E-state index in [0.29, 0.717) is 10.9 Å². The zero-order valence-corrected chi connectivity index (χ0v) is 10.5. The smallest absolute Gasteiger partial charge is 0.267 e. The summed E-state index contributed by atoms with van der Waals surface area (Å²) < 4.78 is 3.18. The molecular formula is C15H10N4O. The van der Waals surface area contributed by atoms with Gasteiger partial charge in [0.25, 0.3) is 5.56 Å². The quantitative estimate of drug-likeness (QED) is 0.527. The van der Waals surface area contributed by atoms with E-state index >= 15 is 0 Å². The summed E-state index contributed by atoms with van der Waals surface area (Å²) in [5, 5.41) is 0.591. The average Bonchev–Trinajstić information content (AvgIpc) is 2.92. The van der Waals surface area contributed by atoms with Crippen LogP contribution >= 0.6 is 0 Å². The molecule has 0 aliphatic rings. The molecule has 0 amide bonds. The first-order chi connectivity index (χ1) is 9.84. The van der Waals surface area contributed by atoms with Crippen LogP contribution in [0, 0.1) is 0 Å². The van der Waals surface area contributed by atoms with Crippen LogP contribution in [0.15, 0.2) is 66.0 Å². The molecule has 5 nitrogen and oxygen atoms in total. The predicted molar refractivity (Wildman–Crippen MR) is 76.5 cm³/mol. The van der Waals surface area contributed by atoms with E-state index in [1.165, 1.54) is 11.0 Å². The second-order valence-corrected chi connectivity index (χ2v) is 4.49. The molecule has 0 radical (unpaired) electrons. The Morgan fingerprint density at radius 3 is 2.30 bits per heavy atom. The van der Waals surface area contributed by atoms with Gasteiger partial charge in [0.05, 0.1) is 21.9 Å². The molecular weight excluding hydrogens is 252 g/mol. The maximum Gasteiger partial charge on any atom is 0.280 e. The number of hydrogen-bond donors (Lipinski definition) is 0. The summed E-state index contributed by atoms with van der Waals surface area (Å²) in [7, 11) is 0. The number of aromatic nitrogens is 4. The Balaban J connectivity index is 2.08. The first-order valence-corrected chi connectivity index (χ1v) is 6.24. The molecule has 0 saturated carbocycles. The van der Waals surface area contributed by atoms with E-state index in [1.807, 2.05) is 42.5 Å². The van der Waals surface area contributed by atoms with E-state index in [9.17, 15) is 4.79 Å². The van der Waals surface area contributed by atoms with Crippen LogP contribution in [0.4, 0.5) is 0 Å². The van der Waals surface area contributed by atoms with Crippen LogP contribution < -0.4 is 5.56 Å². The molecule has 0 saturated heterocycles. The SMILES string of the molecule is O=c1c2ccccc2ncn1-n1cnc2ccccc21. The first-order valence-electron chi connectivity index (χ1n) is 6.24. The van der Waals surface area contributed by atoms with E-state index in [0.717, 1.165) is 11.0 Å². The van der Waals surface area contributed by atoms with Gasteiger partial charge in [-0.1, -0.05) is 24.3 Å². The lowest BCUT2D eigenvalue weighted by Crippen LogP contribution is -2.25. The summed E-state index contributed by atoms with van der Waals surface area (Å²) in [6.07, 6.45) is 3.15. The molecule has 0 atom stereocenters. The lowest BCUT2D eigenvalue weighted by atomic mass is 10.2. The molecule has 2 aromatic carbocycles. The van der Waals surface area contributed by atoms with Crippen molar-refractivity contribution in [2.24, 2.45) is 0 Å². The Morgan fingerprint density at radius 2 is 1.40 bits per heavy atom. The van der Waals surface area contributed by atoms with Crippen molar-refractivity contribution in [3.8, 4) is 0 Å². The van der Waals surface area contributed by atoms with Gasteiger partial charge >= 0.3 is 0 Å². The molecule has 96 valence electrons. The normalized spacial score (nSPS) is 11.2. The number of benzene rings is 2. The van der Waals surface area contributed by atoms with Crippen molar-refractivity contribution in [2.75, 3.05) is 0 Å². The second-order valence-electron chi connectivity index (χ2n) is 4.49. The summed E-state index contributed by atoms with van der Waals surface area (Å²) in [5.41, 5.74) is 2.29. The summed E-state index contributed by atoms with van der Waals surface area (Å²) in [6.45, 7) is 0. The third-order valence-corrected chi connectivity index (χ3v) is 3.32. The van der Waals surface area contributed by atoms with Crippen LogP contribution in [0.5, 0.6) is 0 Å². The average molecular weight is 262 g/mol. The molecule has 0 fully saturated rings. The summed E-state index contributed by atoms with van der Waals surface area (Å²) >= 11 is 0. The van der Waals surface area contributed by atoms with Crippen molar-refractivity contribution in [3.63, 3.8) is 0 Å². The Labute approximate surface area is 113 Å². The predicted octanol–water partition coefficient (Wildman–Crippen LogP) is 2.06. The van der Waals surface area contributed by atoms with Crippen LogP contribution in [-0.4, -0.2) is 19.3 Å². The first kappa shape index (κ1) is 10.9. The van der Waals surface area contributed by atoms with E-state index in [-0.39, 0.29) is 5.56 Å². The van der Waals surface area contributed by atoms with Crippen molar-refractivity contribution in [3.05, 3.63) is 71.5 Å². The highest BCUT2D eigenvalue weighted by Gasteiger charge is 2.07. The van der Waals surface area contributed by atoms with Gasteiger partial charge in [-0.05, 0) is 24.3 Å². The van der Waals surface area contributed by atoms with Crippen molar-refractivity contribution in [2.45, 2.75) is 0 Å². The molecule has 0 N–H and O–H groups in total. The van der Waals surface area contributed by atoms with Gasteiger partial charge in [-0.2, -0.15) is 4.68 Å². The highest BCUT2D eigenvalue weighted by Crippen LogP contribution is 2.12. The second kappa shape index (κ2) is 4.03. The highest BCUT2D eigenvalue weighted by molar-refractivity contribution is 5.78. The molecule has 5 heteroatoms. The van der Waals surface area contributed by atoms with Gasteiger partial charge < -0.3 is 0 Å². The van der Waals surface area contributed by atoms with Gasteiger partial charge in [0.2, 0.25) is 0 Å². The summed E-state index contributed by atoms with van der Waals surface area (Å²) in [4.78, 5) is 21.2. The molecule has 2 heterocycles. The Morgan fingerprint density at radius 1 is 0.750 bits per heavy atom. The molecule has 4 rings (SSSR count). The molecule has 0 aliphatic heterocycles. The number of imidazole rings is 1. The minimum Gasteiger partial charge on any atom is -0.267 e. The van der Waals surface area contributed by atoms with Crippen LogP contribution in [0.3, 0.4) is 0 Å². The minimum atomic E-state index is -0.112. The maximum atomic E-state index is 12.5. The van der Waals surface area contributed by atoms with E-state index in [2.05, 4.69) is 9.97 Å². The fraction of sp³-hybridized carbons (Fsp3) is 0. The van der Waals surface area contributed by atoms with Gasteiger partial charge in [0, 0.05) is 0 Å². The Bertz CT molecular complexity index is 984. The van der Waals surface area contributed by atoms with Crippen LogP contribution in [-0.2, 0) is 0 Å². The fourth-order valence-electron chi connectivity index (χ4n) is 2.33. The Kier molecular flexibility index (Phi) is 2.20. The van der Waals surface area contributed by atoms with Crippen LogP contribution in [0.2, 0.25) is 0 Å². The molecule has 20 heavy (non-hydrogen) atoms. The largest absolute Gasteiger partial charge is 0.280 e.